The van der Waals surface area contributed by atoms with Crippen LogP contribution in [0.4, 0.5) is 11.4 Å². The van der Waals surface area contributed by atoms with Gasteiger partial charge < -0.3 is 5.32 Å². The van der Waals surface area contributed by atoms with Crippen LogP contribution in [0.3, 0.4) is 0 Å². The first-order chi connectivity index (χ1) is 12.0. The minimum absolute atomic E-state index is 0.0214. The van der Waals surface area contributed by atoms with Gasteiger partial charge in [0.25, 0.3) is 5.69 Å². The Labute approximate surface area is 152 Å². The van der Waals surface area contributed by atoms with Gasteiger partial charge in [-0.2, -0.15) is 0 Å². The van der Waals surface area contributed by atoms with Gasteiger partial charge in [0.2, 0.25) is 11.1 Å². The van der Waals surface area contributed by atoms with Gasteiger partial charge in [-0.3, -0.25) is 14.9 Å². The molecule has 2 aromatic rings. The van der Waals surface area contributed by atoms with Crippen LogP contribution >= 0.6 is 23.4 Å². The van der Waals surface area contributed by atoms with Crippen LogP contribution in [0.2, 0.25) is 5.02 Å². The van der Waals surface area contributed by atoms with E-state index in [-0.39, 0.29) is 22.4 Å². The number of carbonyl (C=O) groups excluding carboxylic acids is 1. The third-order valence-corrected chi connectivity index (χ3v) is 5.15. The standard InChI is InChI=1S/C14H15ClN6O3S/c15-11-6-5-9(7-12(11)21(23)24)16-13(22)8-25-14-17-18-19-20(14)10-3-1-2-4-10/h5-7,10H,1-4,8H2,(H,16,22). The van der Waals surface area contributed by atoms with Gasteiger partial charge in [-0.1, -0.05) is 36.2 Å². The molecule has 1 amide bonds. The molecule has 132 valence electrons. The van der Waals surface area contributed by atoms with Crippen LogP contribution in [0.15, 0.2) is 23.4 Å². The highest BCUT2D eigenvalue weighted by molar-refractivity contribution is 7.99. The summed E-state index contributed by atoms with van der Waals surface area (Å²) in [7, 11) is 0. The zero-order valence-corrected chi connectivity index (χ0v) is 14.7. The van der Waals surface area contributed by atoms with Gasteiger partial charge in [0.1, 0.15) is 5.02 Å². The summed E-state index contributed by atoms with van der Waals surface area (Å²) >= 11 is 6.99. The molecular weight excluding hydrogens is 368 g/mol. The van der Waals surface area contributed by atoms with Crippen molar-refractivity contribution in [2.45, 2.75) is 36.9 Å². The highest BCUT2D eigenvalue weighted by Gasteiger charge is 2.22. The summed E-state index contributed by atoms with van der Waals surface area (Å²) in [6.07, 6.45) is 4.40. The second kappa shape index (κ2) is 7.79. The predicted molar refractivity (Wildman–Crippen MR) is 92.8 cm³/mol. The molecule has 9 nitrogen and oxygen atoms in total. The molecule has 1 heterocycles. The summed E-state index contributed by atoms with van der Waals surface area (Å²) < 4.78 is 1.78. The molecule has 1 aromatic heterocycles. The van der Waals surface area contributed by atoms with Crippen LogP contribution in [0.5, 0.6) is 0 Å². The first kappa shape index (κ1) is 17.6. The van der Waals surface area contributed by atoms with Crippen LogP contribution < -0.4 is 5.32 Å². The number of hydrogen-bond donors (Lipinski definition) is 1. The van der Waals surface area contributed by atoms with Gasteiger partial charge in [-0.25, -0.2) is 4.68 Å². The Kier molecular flexibility index (Phi) is 5.49. The highest BCUT2D eigenvalue weighted by atomic mass is 35.5. The summed E-state index contributed by atoms with van der Waals surface area (Å²) in [5.74, 6) is -0.202. The van der Waals surface area contributed by atoms with Gasteiger partial charge in [-0.05, 0) is 35.4 Å². The Balaban J connectivity index is 1.60. The number of anilines is 1. The Morgan fingerprint density at radius 2 is 2.20 bits per heavy atom. The molecule has 1 N–H and O–H groups in total. The van der Waals surface area contributed by atoms with E-state index in [9.17, 15) is 14.9 Å². The van der Waals surface area contributed by atoms with Crippen molar-refractivity contribution in [2.75, 3.05) is 11.1 Å². The smallest absolute Gasteiger partial charge is 0.289 e. The molecule has 11 heteroatoms. The number of carbonyl (C=O) groups is 1. The molecule has 0 radical (unpaired) electrons. The van der Waals surface area contributed by atoms with Crippen LogP contribution in [-0.2, 0) is 4.79 Å². The number of thioether (sulfide) groups is 1. The number of aromatic nitrogens is 4. The summed E-state index contributed by atoms with van der Waals surface area (Å²) in [5, 5.41) is 25.8. The van der Waals surface area contributed by atoms with E-state index < -0.39 is 4.92 Å². The number of nitrogens with zero attached hydrogens (tertiary/aromatic N) is 5. The molecular formula is C14H15ClN6O3S. The van der Waals surface area contributed by atoms with Crippen molar-refractivity contribution in [1.29, 1.82) is 0 Å². The molecule has 0 bridgehead atoms. The maximum Gasteiger partial charge on any atom is 0.289 e. The van der Waals surface area contributed by atoms with Gasteiger partial charge in [0, 0.05) is 11.8 Å². The van der Waals surface area contributed by atoms with Crippen molar-refractivity contribution in [3.05, 3.63) is 33.3 Å². The normalized spacial score (nSPS) is 14.6. The molecule has 25 heavy (non-hydrogen) atoms. The van der Waals surface area contributed by atoms with Crippen molar-refractivity contribution in [1.82, 2.24) is 20.2 Å². The molecule has 0 atom stereocenters. The molecule has 0 spiro atoms. The van der Waals surface area contributed by atoms with E-state index in [1.807, 2.05) is 0 Å². The fourth-order valence-electron chi connectivity index (χ4n) is 2.72. The van der Waals surface area contributed by atoms with Gasteiger partial charge in [0.15, 0.2) is 0 Å². The molecule has 0 saturated heterocycles. The van der Waals surface area contributed by atoms with E-state index in [1.165, 1.54) is 30.0 Å². The second-order valence-electron chi connectivity index (χ2n) is 5.60. The van der Waals surface area contributed by atoms with Gasteiger partial charge in [0.05, 0.1) is 16.7 Å². The van der Waals surface area contributed by atoms with Crippen molar-refractivity contribution < 1.29 is 9.72 Å². The second-order valence-corrected chi connectivity index (χ2v) is 6.95. The lowest BCUT2D eigenvalue weighted by molar-refractivity contribution is -0.384. The lowest BCUT2D eigenvalue weighted by Crippen LogP contribution is -2.15. The molecule has 0 aliphatic heterocycles. The molecule has 1 aliphatic rings. The number of nitro benzene ring substituents is 1. The van der Waals surface area contributed by atoms with Crippen LogP contribution in [0.25, 0.3) is 0 Å². The minimum atomic E-state index is -0.595. The van der Waals surface area contributed by atoms with Crippen molar-refractivity contribution in [3.8, 4) is 0 Å². The van der Waals surface area contributed by atoms with Crippen molar-refractivity contribution >= 4 is 40.6 Å². The van der Waals surface area contributed by atoms with Crippen molar-refractivity contribution in [3.63, 3.8) is 0 Å². The highest BCUT2D eigenvalue weighted by Crippen LogP contribution is 2.31. The van der Waals surface area contributed by atoms with E-state index in [1.54, 1.807) is 4.68 Å². The van der Waals surface area contributed by atoms with Crippen LogP contribution in [-0.4, -0.2) is 36.8 Å². The fraction of sp³-hybridized carbons (Fsp3) is 0.429. The minimum Gasteiger partial charge on any atom is -0.325 e. The largest absolute Gasteiger partial charge is 0.325 e. The molecule has 1 fully saturated rings. The molecule has 1 aliphatic carbocycles. The molecule has 0 unspecified atom stereocenters. The molecule has 3 rings (SSSR count). The first-order valence-electron chi connectivity index (χ1n) is 7.69. The van der Waals surface area contributed by atoms with Gasteiger partial charge >= 0.3 is 0 Å². The first-order valence-corrected chi connectivity index (χ1v) is 9.05. The fourth-order valence-corrected chi connectivity index (χ4v) is 3.65. The van der Waals surface area contributed by atoms with Crippen LogP contribution in [0, 0.1) is 10.1 Å². The summed E-state index contributed by atoms with van der Waals surface area (Å²) in [4.78, 5) is 22.4. The van der Waals surface area contributed by atoms with E-state index >= 15 is 0 Å². The van der Waals surface area contributed by atoms with Crippen LogP contribution in [0.1, 0.15) is 31.7 Å². The average molecular weight is 383 g/mol. The molecule has 1 aromatic carbocycles. The Morgan fingerprint density at radius 1 is 1.44 bits per heavy atom. The van der Waals surface area contributed by atoms with E-state index in [0.717, 1.165) is 25.7 Å². The molecule has 1 saturated carbocycles. The number of rotatable bonds is 6. The Bertz CT molecular complexity index is 793. The van der Waals surface area contributed by atoms with E-state index in [0.29, 0.717) is 16.9 Å². The SMILES string of the molecule is O=C(CSc1nnnn1C1CCCC1)Nc1ccc(Cl)c([N+](=O)[O-])c1. The topological polar surface area (TPSA) is 116 Å². The van der Waals surface area contributed by atoms with Crippen molar-refractivity contribution in [2.24, 2.45) is 0 Å². The maximum absolute atomic E-state index is 12.1. The van der Waals surface area contributed by atoms with Gasteiger partial charge in [-0.15, -0.1) is 5.10 Å². The van der Waals surface area contributed by atoms with E-state index in [4.69, 9.17) is 11.6 Å². The maximum atomic E-state index is 12.1. The monoisotopic (exact) mass is 382 g/mol. The third-order valence-electron chi connectivity index (χ3n) is 3.89. The zero-order valence-electron chi connectivity index (χ0n) is 13.1. The lowest BCUT2D eigenvalue weighted by atomic mass is 10.3. The van der Waals surface area contributed by atoms with E-state index in [2.05, 4.69) is 20.8 Å². The number of halogens is 1. The quantitative estimate of drug-likeness (QED) is 0.463. The summed E-state index contributed by atoms with van der Waals surface area (Å²) in [6, 6.07) is 4.41. The number of nitrogens with one attached hydrogen (secondary N) is 1. The lowest BCUT2D eigenvalue weighted by Gasteiger charge is -2.10. The Morgan fingerprint density at radius 3 is 2.92 bits per heavy atom. The number of nitro groups is 1. The number of amides is 1. The Hall–Kier alpha value is -2.20. The number of hydrogen-bond acceptors (Lipinski definition) is 7. The number of benzene rings is 1. The summed E-state index contributed by atoms with van der Waals surface area (Å²) in [6.45, 7) is 0. The average Bonchev–Trinajstić information content (AvgIpc) is 3.25. The summed E-state index contributed by atoms with van der Waals surface area (Å²) in [5.41, 5.74) is 0.0642. The third kappa shape index (κ3) is 4.26. The number of tetrazole rings is 1. The predicted octanol–water partition coefficient (Wildman–Crippen LogP) is 3.08. The zero-order chi connectivity index (χ0) is 17.8.